The molecular formula is C12H17ClFNO2S. The number of halogens is 2. The molecule has 6 heteroatoms. The Morgan fingerprint density at radius 3 is 2.44 bits per heavy atom. The summed E-state index contributed by atoms with van der Waals surface area (Å²) < 4.78 is 39.2. The van der Waals surface area contributed by atoms with Gasteiger partial charge < -0.3 is 0 Å². The summed E-state index contributed by atoms with van der Waals surface area (Å²) >= 11 is 5.56. The lowest BCUT2D eigenvalue weighted by atomic mass is 9.93. The van der Waals surface area contributed by atoms with Crippen LogP contribution in [0.4, 0.5) is 4.39 Å². The van der Waals surface area contributed by atoms with Gasteiger partial charge in [0.1, 0.15) is 5.82 Å². The fourth-order valence-corrected chi connectivity index (χ4v) is 2.59. The molecule has 0 aromatic heterocycles. The molecule has 0 heterocycles. The molecule has 3 nitrogen and oxygen atoms in total. The highest BCUT2D eigenvalue weighted by atomic mass is 35.5. The van der Waals surface area contributed by atoms with Crippen LogP contribution in [0.1, 0.15) is 27.2 Å². The van der Waals surface area contributed by atoms with Crippen molar-refractivity contribution in [3.8, 4) is 0 Å². The van der Waals surface area contributed by atoms with Crippen LogP contribution in [0, 0.1) is 11.2 Å². The Hall–Kier alpha value is -0.650. The fraction of sp³-hybridized carbons (Fsp3) is 0.500. The molecule has 0 aliphatic carbocycles. The fourth-order valence-electron chi connectivity index (χ4n) is 1.29. The van der Waals surface area contributed by atoms with E-state index in [0.29, 0.717) is 13.0 Å². The van der Waals surface area contributed by atoms with E-state index in [9.17, 15) is 12.8 Å². The van der Waals surface area contributed by atoms with E-state index in [1.54, 1.807) is 0 Å². The van der Waals surface area contributed by atoms with E-state index in [1.807, 2.05) is 20.8 Å². The highest BCUT2D eigenvalue weighted by Crippen LogP contribution is 2.20. The largest absolute Gasteiger partial charge is 0.240 e. The standard InChI is InChI=1S/C12H17ClFNO2S/c1-12(2,3)6-7-15-18(16,17)9-4-5-11(14)10(13)8-9/h4-5,8,15H,6-7H2,1-3H3. The molecule has 0 saturated heterocycles. The summed E-state index contributed by atoms with van der Waals surface area (Å²) in [4.78, 5) is -0.0252. The minimum absolute atomic E-state index is 0.0252. The smallest absolute Gasteiger partial charge is 0.211 e. The van der Waals surface area contributed by atoms with Gasteiger partial charge in [-0.25, -0.2) is 17.5 Å². The number of hydrogen-bond acceptors (Lipinski definition) is 2. The zero-order valence-electron chi connectivity index (χ0n) is 10.6. The van der Waals surface area contributed by atoms with Gasteiger partial charge in [0.15, 0.2) is 0 Å². The molecule has 0 radical (unpaired) electrons. The molecule has 0 amide bonds. The molecule has 18 heavy (non-hydrogen) atoms. The Morgan fingerprint density at radius 2 is 1.94 bits per heavy atom. The number of rotatable bonds is 4. The van der Waals surface area contributed by atoms with Gasteiger partial charge in [0.25, 0.3) is 0 Å². The van der Waals surface area contributed by atoms with Crippen LogP contribution in [0.5, 0.6) is 0 Å². The van der Waals surface area contributed by atoms with Crippen molar-refractivity contribution in [2.24, 2.45) is 5.41 Å². The van der Waals surface area contributed by atoms with Crippen molar-refractivity contribution in [1.82, 2.24) is 4.72 Å². The van der Waals surface area contributed by atoms with Gasteiger partial charge in [-0.15, -0.1) is 0 Å². The first-order valence-corrected chi connectivity index (χ1v) is 7.43. The van der Waals surface area contributed by atoms with Crippen molar-refractivity contribution < 1.29 is 12.8 Å². The van der Waals surface area contributed by atoms with Crippen molar-refractivity contribution in [3.63, 3.8) is 0 Å². The van der Waals surface area contributed by atoms with Crippen molar-refractivity contribution in [2.75, 3.05) is 6.54 Å². The minimum atomic E-state index is -3.62. The quantitative estimate of drug-likeness (QED) is 0.926. The van der Waals surface area contributed by atoms with E-state index >= 15 is 0 Å². The molecule has 0 spiro atoms. The number of sulfonamides is 1. The van der Waals surface area contributed by atoms with Crippen LogP contribution in [0.25, 0.3) is 0 Å². The van der Waals surface area contributed by atoms with Gasteiger partial charge in [0.05, 0.1) is 9.92 Å². The Balaban J connectivity index is 2.77. The molecule has 102 valence electrons. The Morgan fingerprint density at radius 1 is 1.33 bits per heavy atom. The van der Waals surface area contributed by atoms with E-state index in [0.717, 1.165) is 12.1 Å². The molecule has 0 unspecified atom stereocenters. The summed E-state index contributed by atoms with van der Waals surface area (Å²) in [5.74, 6) is -0.634. The maximum Gasteiger partial charge on any atom is 0.240 e. The molecule has 1 aromatic rings. The zero-order chi connectivity index (χ0) is 14.0. The Bertz CT molecular complexity index is 523. The van der Waals surface area contributed by atoms with Gasteiger partial charge in [-0.05, 0) is 30.0 Å². The molecule has 0 aliphatic rings. The topological polar surface area (TPSA) is 46.2 Å². The molecular weight excluding hydrogens is 277 g/mol. The van der Waals surface area contributed by atoms with E-state index in [-0.39, 0.29) is 15.3 Å². The van der Waals surface area contributed by atoms with Crippen LogP contribution in [0.15, 0.2) is 23.1 Å². The summed E-state index contributed by atoms with van der Waals surface area (Å²) in [6.07, 6.45) is 0.709. The predicted octanol–water partition coefficient (Wildman–Crippen LogP) is 3.19. The van der Waals surface area contributed by atoms with Crippen LogP contribution < -0.4 is 4.72 Å². The maximum atomic E-state index is 12.9. The second-order valence-corrected chi connectivity index (χ2v) is 7.46. The lowest BCUT2D eigenvalue weighted by Crippen LogP contribution is -2.27. The van der Waals surface area contributed by atoms with Crippen molar-refractivity contribution in [2.45, 2.75) is 32.1 Å². The maximum absolute atomic E-state index is 12.9. The molecule has 0 aliphatic heterocycles. The van der Waals surface area contributed by atoms with Crippen molar-refractivity contribution in [1.29, 1.82) is 0 Å². The lowest BCUT2D eigenvalue weighted by molar-refractivity contribution is 0.378. The van der Waals surface area contributed by atoms with Gasteiger partial charge >= 0.3 is 0 Å². The summed E-state index contributed by atoms with van der Waals surface area (Å²) in [5, 5.41) is -0.200. The second kappa shape index (κ2) is 5.55. The summed E-state index contributed by atoms with van der Waals surface area (Å²) in [7, 11) is -3.62. The van der Waals surface area contributed by atoms with Crippen LogP contribution in [-0.4, -0.2) is 15.0 Å². The highest BCUT2D eigenvalue weighted by Gasteiger charge is 2.17. The van der Waals surface area contributed by atoms with Gasteiger partial charge in [-0.3, -0.25) is 0 Å². The minimum Gasteiger partial charge on any atom is -0.211 e. The molecule has 0 atom stereocenters. The molecule has 1 aromatic carbocycles. The van der Waals surface area contributed by atoms with Gasteiger partial charge in [0, 0.05) is 6.54 Å². The first-order valence-electron chi connectivity index (χ1n) is 5.56. The normalized spacial score (nSPS) is 12.7. The number of benzene rings is 1. The molecule has 1 N–H and O–H groups in total. The summed E-state index contributed by atoms with van der Waals surface area (Å²) in [6, 6.07) is 3.34. The average Bonchev–Trinajstić information content (AvgIpc) is 2.19. The van der Waals surface area contributed by atoms with Gasteiger partial charge in [-0.2, -0.15) is 0 Å². The van der Waals surface area contributed by atoms with E-state index in [1.165, 1.54) is 6.07 Å². The van der Waals surface area contributed by atoms with Crippen LogP contribution in [-0.2, 0) is 10.0 Å². The Kier molecular flexibility index (Phi) is 4.75. The second-order valence-electron chi connectivity index (χ2n) is 5.28. The third-order valence-electron chi connectivity index (χ3n) is 2.37. The van der Waals surface area contributed by atoms with Crippen molar-refractivity contribution in [3.05, 3.63) is 29.0 Å². The van der Waals surface area contributed by atoms with E-state index < -0.39 is 15.8 Å². The van der Waals surface area contributed by atoms with Gasteiger partial charge in [-0.1, -0.05) is 32.4 Å². The van der Waals surface area contributed by atoms with Crippen LogP contribution >= 0.6 is 11.6 Å². The Labute approximate surface area is 112 Å². The molecule has 0 fully saturated rings. The van der Waals surface area contributed by atoms with Gasteiger partial charge in [0.2, 0.25) is 10.0 Å². The third kappa shape index (κ3) is 4.55. The number of nitrogens with one attached hydrogen (secondary N) is 1. The predicted molar refractivity (Wildman–Crippen MR) is 70.7 cm³/mol. The van der Waals surface area contributed by atoms with Crippen LogP contribution in [0.2, 0.25) is 5.02 Å². The zero-order valence-corrected chi connectivity index (χ0v) is 12.2. The molecule has 1 rings (SSSR count). The summed E-state index contributed by atoms with van der Waals surface area (Å²) in [5.41, 5.74) is 0.0446. The van der Waals surface area contributed by atoms with Crippen molar-refractivity contribution >= 4 is 21.6 Å². The summed E-state index contributed by atoms with van der Waals surface area (Å²) in [6.45, 7) is 6.41. The SMILES string of the molecule is CC(C)(C)CCNS(=O)(=O)c1ccc(F)c(Cl)c1. The lowest BCUT2D eigenvalue weighted by Gasteiger charge is -2.18. The first-order chi connectivity index (χ1) is 8.12. The van der Waals surface area contributed by atoms with E-state index in [2.05, 4.69) is 4.72 Å². The monoisotopic (exact) mass is 293 g/mol. The van der Waals surface area contributed by atoms with Crippen LogP contribution in [0.3, 0.4) is 0 Å². The molecule has 0 saturated carbocycles. The van der Waals surface area contributed by atoms with E-state index in [4.69, 9.17) is 11.6 Å². The third-order valence-corrected chi connectivity index (χ3v) is 4.12. The average molecular weight is 294 g/mol. The first kappa shape index (κ1) is 15.4. The highest BCUT2D eigenvalue weighted by molar-refractivity contribution is 7.89. The number of hydrogen-bond donors (Lipinski definition) is 1. The molecule has 0 bridgehead atoms.